The number of benzene rings is 3. The SMILES string of the molecule is COc1cccc(N2C(=O)C(=O)/C(=C(/O)c3ccccc3)[C@H]2c2ccccc2F)c1. The largest absolute Gasteiger partial charge is 0.507 e. The number of amides is 1. The molecule has 0 aliphatic carbocycles. The van der Waals surface area contributed by atoms with Crippen molar-refractivity contribution in [3.8, 4) is 5.75 Å². The molecule has 30 heavy (non-hydrogen) atoms. The molecule has 1 fully saturated rings. The summed E-state index contributed by atoms with van der Waals surface area (Å²) in [5.41, 5.74) is 0.662. The summed E-state index contributed by atoms with van der Waals surface area (Å²) in [6.45, 7) is 0. The van der Waals surface area contributed by atoms with Crippen molar-refractivity contribution in [2.75, 3.05) is 12.0 Å². The Kier molecular flexibility index (Phi) is 5.06. The molecule has 0 unspecified atom stereocenters. The Bertz CT molecular complexity index is 1160. The average molecular weight is 403 g/mol. The number of rotatable bonds is 4. The normalized spacial score (nSPS) is 17.9. The second kappa shape index (κ2) is 7.83. The molecule has 0 saturated carbocycles. The number of hydrogen-bond donors (Lipinski definition) is 1. The zero-order valence-electron chi connectivity index (χ0n) is 16.1. The van der Waals surface area contributed by atoms with Crippen molar-refractivity contribution in [3.05, 3.63) is 101 Å². The fraction of sp³-hybridized carbons (Fsp3) is 0.0833. The van der Waals surface area contributed by atoms with E-state index in [0.29, 0.717) is 17.0 Å². The van der Waals surface area contributed by atoms with E-state index >= 15 is 0 Å². The lowest BCUT2D eigenvalue weighted by Crippen LogP contribution is -2.29. The zero-order valence-corrected chi connectivity index (χ0v) is 16.1. The van der Waals surface area contributed by atoms with Gasteiger partial charge in [0.1, 0.15) is 17.3 Å². The van der Waals surface area contributed by atoms with Gasteiger partial charge in [-0.25, -0.2) is 4.39 Å². The first kappa shape index (κ1) is 19.4. The van der Waals surface area contributed by atoms with Gasteiger partial charge in [0.25, 0.3) is 11.7 Å². The molecule has 1 heterocycles. The Morgan fingerprint density at radius 2 is 1.67 bits per heavy atom. The number of aliphatic hydroxyl groups excluding tert-OH is 1. The van der Waals surface area contributed by atoms with Gasteiger partial charge in [0.2, 0.25) is 0 Å². The lowest BCUT2D eigenvalue weighted by Gasteiger charge is -2.26. The number of ketones is 1. The van der Waals surface area contributed by atoms with E-state index in [0.717, 1.165) is 0 Å². The monoisotopic (exact) mass is 403 g/mol. The number of methoxy groups -OCH3 is 1. The number of hydrogen-bond acceptors (Lipinski definition) is 4. The Labute approximate surface area is 172 Å². The minimum absolute atomic E-state index is 0.108. The molecule has 5 nitrogen and oxygen atoms in total. The fourth-order valence-corrected chi connectivity index (χ4v) is 3.60. The van der Waals surface area contributed by atoms with Gasteiger partial charge >= 0.3 is 0 Å². The molecule has 1 N–H and O–H groups in total. The van der Waals surface area contributed by atoms with Gasteiger partial charge in [-0.15, -0.1) is 0 Å². The Hall–Kier alpha value is -3.93. The van der Waals surface area contributed by atoms with Crippen molar-refractivity contribution in [3.63, 3.8) is 0 Å². The van der Waals surface area contributed by atoms with Crippen LogP contribution in [0.5, 0.6) is 5.75 Å². The van der Waals surface area contributed by atoms with Crippen LogP contribution in [0.1, 0.15) is 17.2 Å². The highest BCUT2D eigenvalue weighted by atomic mass is 19.1. The van der Waals surface area contributed by atoms with Crippen LogP contribution in [0.15, 0.2) is 84.4 Å². The molecule has 6 heteroatoms. The molecule has 4 rings (SSSR count). The van der Waals surface area contributed by atoms with Crippen LogP contribution in [-0.4, -0.2) is 23.9 Å². The second-order valence-corrected chi connectivity index (χ2v) is 6.76. The maximum atomic E-state index is 14.8. The quantitative estimate of drug-likeness (QED) is 0.397. The van der Waals surface area contributed by atoms with E-state index in [-0.39, 0.29) is 16.9 Å². The van der Waals surface area contributed by atoms with E-state index in [2.05, 4.69) is 0 Å². The third-order valence-electron chi connectivity index (χ3n) is 5.02. The third kappa shape index (κ3) is 3.22. The molecule has 150 valence electrons. The third-order valence-corrected chi connectivity index (χ3v) is 5.02. The van der Waals surface area contributed by atoms with Crippen LogP contribution >= 0.6 is 0 Å². The molecule has 1 atom stereocenters. The Morgan fingerprint density at radius 3 is 2.37 bits per heavy atom. The highest BCUT2D eigenvalue weighted by molar-refractivity contribution is 6.51. The molecule has 3 aromatic carbocycles. The van der Waals surface area contributed by atoms with Crippen molar-refractivity contribution in [1.82, 2.24) is 0 Å². The van der Waals surface area contributed by atoms with E-state index in [9.17, 15) is 19.1 Å². The molecular weight excluding hydrogens is 385 g/mol. The number of aliphatic hydroxyl groups is 1. The molecule has 3 aromatic rings. The summed E-state index contributed by atoms with van der Waals surface area (Å²) in [6.07, 6.45) is 0. The van der Waals surface area contributed by atoms with E-state index < -0.39 is 23.5 Å². The highest BCUT2D eigenvalue weighted by Gasteiger charge is 2.47. The van der Waals surface area contributed by atoms with E-state index in [1.165, 1.54) is 30.2 Å². The van der Waals surface area contributed by atoms with Crippen LogP contribution in [-0.2, 0) is 9.59 Å². The first-order valence-corrected chi connectivity index (χ1v) is 9.28. The first-order valence-electron chi connectivity index (χ1n) is 9.28. The van der Waals surface area contributed by atoms with Gasteiger partial charge in [-0.3, -0.25) is 14.5 Å². The number of nitrogens with zero attached hydrogens (tertiary/aromatic N) is 1. The molecule has 0 radical (unpaired) electrons. The Morgan fingerprint density at radius 1 is 0.967 bits per heavy atom. The van der Waals surface area contributed by atoms with Crippen molar-refractivity contribution in [2.24, 2.45) is 0 Å². The van der Waals surface area contributed by atoms with Gasteiger partial charge in [-0.05, 0) is 18.2 Å². The first-order chi connectivity index (χ1) is 14.5. The molecule has 0 aromatic heterocycles. The van der Waals surface area contributed by atoms with Crippen molar-refractivity contribution in [1.29, 1.82) is 0 Å². The van der Waals surface area contributed by atoms with Crippen molar-refractivity contribution in [2.45, 2.75) is 6.04 Å². The molecule has 1 aliphatic rings. The molecule has 1 amide bonds. The Balaban J connectivity index is 1.98. The van der Waals surface area contributed by atoms with Gasteiger partial charge in [0.15, 0.2) is 0 Å². The van der Waals surface area contributed by atoms with Crippen molar-refractivity contribution >= 4 is 23.1 Å². The van der Waals surface area contributed by atoms with Crippen LogP contribution in [0, 0.1) is 5.82 Å². The van der Waals surface area contributed by atoms with Gasteiger partial charge in [0.05, 0.1) is 18.7 Å². The summed E-state index contributed by atoms with van der Waals surface area (Å²) in [4.78, 5) is 27.2. The summed E-state index contributed by atoms with van der Waals surface area (Å²) in [7, 11) is 1.48. The van der Waals surface area contributed by atoms with Crippen LogP contribution in [0.25, 0.3) is 5.76 Å². The van der Waals surface area contributed by atoms with Crippen LogP contribution in [0.2, 0.25) is 0 Å². The van der Waals surface area contributed by atoms with E-state index in [1.807, 2.05) is 0 Å². The lowest BCUT2D eigenvalue weighted by atomic mass is 9.94. The molecule has 0 bridgehead atoms. The summed E-state index contributed by atoms with van der Waals surface area (Å²) in [5.74, 6) is -2.20. The fourth-order valence-electron chi connectivity index (χ4n) is 3.60. The number of carbonyl (C=O) groups excluding carboxylic acids is 2. The van der Waals surface area contributed by atoms with Gasteiger partial charge < -0.3 is 9.84 Å². The molecular formula is C24H18FNO4. The number of halogens is 1. The minimum atomic E-state index is -1.13. The summed E-state index contributed by atoms with van der Waals surface area (Å²) < 4.78 is 20.0. The van der Waals surface area contributed by atoms with E-state index in [4.69, 9.17) is 4.74 Å². The molecule has 1 saturated heterocycles. The van der Waals surface area contributed by atoms with Crippen LogP contribution in [0.3, 0.4) is 0 Å². The topological polar surface area (TPSA) is 66.8 Å². The predicted molar refractivity (Wildman–Crippen MR) is 111 cm³/mol. The van der Waals surface area contributed by atoms with Crippen LogP contribution < -0.4 is 9.64 Å². The maximum Gasteiger partial charge on any atom is 0.300 e. The zero-order chi connectivity index (χ0) is 21.3. The van der Waals surface area contributed by atoms with Gasteiger partial charge in [0, 0.05) is 22.9 Å². The van der Waals surface area contributed by atoms with Gasteiger partial charge in [-0.2, -0.15) is 0 Å². The van der Waals surface area contributed by atoms with Crippen LogP contribution in [0.4, 0.5) is 10.1 Å². The predicted octanol–water partition coefficient (Wildman–Crippen LogP) is 4.46. The smallest absolute Gasteiger partial charge is 0.300 e. The number of carbonyl (C=O) groups is 2. The van der Waals surface area contributed by atoms with E-state index in [1.54, 1.807) is 60.7 Å². The summed E-state index contributed by atoms with van der Waals surface area (Å²) in [5, 5.41) is 10.9. The number of ether oxygens (including phenoxy) is 1. The van der Waals surface area contributed by atoms with Gasteiger partial charge in [-0.1, -0.05) is 54.6 Å². The summed E-state index contributed by atoms with van der Waals surface area (Å²) in [6, 6.07) is 19.7. The standard InChI is InChI=1S/C24H18FNO4/c1-30-17-11-7-10-16(14-17)26-21(18-12-5-6-13-19(18)25)20(23(28)24(26)29)22(27)15-8-3-2-4-9-15/h2-14,21,27H,1H3/b22-20+/t21-/m1/s1. The minimum Gasteiger partial charge on any atom is -0.507 e. The number of anilines is 1. The molecule has 0 spiro atoms. The van der Waals surface area contributed by atoms with Crippen molar-refractivity contribution < 1.29 is 23.8 Å². The highest BCUT2D eigenvalue weighted by Crippen LogP contribution is 2.43. The maximum absolute atomic E-state index is 14.8. The lowest BCUT2D eigenvalue weighted by molar-refractivity contribution is -0.132. The number of Topliss-reactive ketones (excluding diaryl/α,β-unsaturated/α-hetero) is 1. The second-order valence-electron chi connectivity index (χ2n) is 6.76. The average Bonchev–Trinajstić information content (AvgIpc) is 3.04. The summed E-state index contributed by atoms with van der Waals surface area (Å²) >= 11 is 0. The molecule has 1 aliphatic heterocycles.